The number of rotatable bonds is 3. The van der Waals surface area contributed by atoms with Crippen LogP contribution in [0.25, 0.3) is 0 Å². The fourth-order valence-corrected chi connectivity index (χ4v) is 4.22. The molecule has 4 heterocycles. The zero-order valence-corrected chi connectivity index (χ0v) is 14.7. The fourth-order valence-electron chi connectivity index (χ4n) is 4.22. The third-order valence-corrected chi connectivity index (χ3v) is 5.37. The highest BCUT2D eigenvalue weighted by Crippen LogP contribution is 2.41. The summed E-state index contributed by atoms with van der Waals surface area (Å²) in [6, 6.07) is 5.10. The van der Waals surface area contributed by atoms with Crippen LogP contribution in [0.1, 0.15) is 34.7 Å². The smallest absolute Gasteiger partial charge is 0.314 e. The number of aromatic nitrogens is 4. The number of ether oxygens (including phenoxy) is 1. The summed E-state index contributed by atoms with van der Waals surface area (Å²) in [5.41, 5.74) is 0.768. The number of hydrogen-bond donors (Lipinski definition) is 1. The minimum Gasteiger partial charge on any atom is -0.467 e. The number of pyridine rings is 1. The van der Waals surface area contributed by atoms with Crippen molar-refractivity contribution in [3.8, 4) is 6.01 Å². The first-order chi connectivity index (χ1) is 12.5. The van der Waals surface area contributed by atoms with Crippen LogP contribution in [0.2, 0.25) is 0 Å². The number of carbonyl (C=O) groups excluding carboxylic acids is 1. The molecular weight excluding hydrogens is 338 g/mol. The van der Waals surface area contributed by atoms with Gasteiger partial charge in [0.05, 0.1) is 19.8 Å². The molecule has 0 aromatic carbocycles. The van der Waals surface area contributed by atoms with E-state index in [4.69, 9.17) is 4.74 Å². The standard InChI is InChI=1S/C17H21N5O4/c1-20-17(26-2)18-15(19-20)16(25)21-7-10-6-11(8-21)13(9-23)22-12(10)4-3-5-14(22)24/h3-5,10-11,13,23H,6-9H2,1-2H3/t10-,11+,13+/m1/s1. The lowest BCUT2D eigenvalue weighted by molar-refractivity contribution is 0.0427. The van der Waals surface area contributed by atoms with Gasteiger partial charge in [-0.15, -0.1) is 5.10 Å². The van der Waals surface area contributed by atoms with Crippen molar-refractivity contribution in [2.75, 3.05) is 26.8 Å². The molecule has 0 radical (unpaired) electrons. The maximum Gasteiger partial charge on any atom is 0.314 e. The molecule has 0 saturated carbocycles. The molecule has 3 atom stereocenters. The molecule has 2 aromatic heterocycles. The Hall–Kier alpha value is -2.68. The number of aliphatic hydroxyl groups is 1. The Bertz CT molecular complexity index is 905. The summed E-state index contributed by atoms with van der Waals surface area (Å²) in [5, 5.41) is 14.0. The summed E-state index contributed by atoms with van der Waals surface area (Å²) < 4.78 is 8.20. The van der Waals surface area contributed by atoms with Gasteiger partial charge < -0.3 is 19.3 Å². The van der Waals surface area contributed by atoms with E-state index in [0.717, 1.165) is 12.1 Å². The lowest BCUT2D eigenvalue weighted by Gasteiger charge is -2.46. The zero-order chi connectivity index (χ0) is 18.4. The highest BCUT2D eigenvalue weighted by molar-refractivity contribution is 5.90. The van der Waals surface area contributed by atoms with E-state index in [-0.39, 0.29) is 47.8 Å². The molecule has 2 bridgehead atoms. The number of methoxy groups -OCH3 is 1. The van der Waals surface area contributed by atoms with Gasteiger partial charge in [0.15, 0.2) is 0 Å². The van der Waals surface area contributed by atoms with Gasteiger partial charge in [0.1, 0.15) is 0 Å². The Balaban J connectivity index is 1.67. The van der Waals surface area contributed by atoms with Gasteiger partial charge in [0.2, 0.25) is 5.82 Å². The first kappa shape index (κ1) is 16.8. The number of aliphatic hydroxyl groups excluding tert-OH is 1. The topological polar surface area (TPSA) is 102 Å². The number of fused-ring (bicyclic) bond motifs is 4. The van der Waals surface area contributed by atoms with Crippen LogP contribution in [0.15, 0.2) is 23.0 Å². The second kappa shape index (κ2) is 6.24. The predicted molar refractivity (Wildman–Crippen MR) is 91.1 cm³/mol. The van der Waals surface area contributed by atoms with E-state index in [0.29, 0.717) is 13.1 Å². The second-order valence-electron chi connectivity index (χ2n) is 6.86. The Morgan fingerprint density at radius 2 is 2.19 bits per heavy atom. The van der Waals surface area contributed by atoms with Crippen molar-refractivity contribution in [2.24, 2.45) is 13.0 Å². The maximum atomic E-state index is 12.9. The van der Waals surface area contributed by atoms with E-state index in [1.165, 1.54) is 17.9 Å². The summed E-state index contributed by atoms with van der Waals surface area (Å²) >= 11 is 0. The molecule has 26 heavy (non-hydrogen) atoms. The van der Waals surface area contributed by atoms with Crippen molar-refractivity contribution in [3.63, 3.8) is 0 Å². The molecule has 1 N–H and O–H groups in total. The van der Waals surface area contributed by atoms with Crippen LogP contribution in [-0.2, 0) is 7.05 Å². The molecule has 1 saturated heterocycles. The fraction of sp³-hybridized carbons (Fsp3) is 0.529. The molecule has 4 rings (SSSR count). The number of amides is 1. The molecular formula is C17H21N5O4. The van der Waals surface area contributed by atoms with Gasteiger partial charge in [-0.3, -0.25) is 9.59 Å². The van der Waals surface area contributed by atoms with Crippen LogP contribution in [0.5, 0.6) is 6.01 Å². The molecule has 9 nitrogen and oxygen atoms in total. The van der Waals surface area contributed by atoms with Crippen LogP contribution in [-0.4, -0.2) is 62.1 Å². The van der Waals surface area contributed by atoms with E-state index in [1.807, 2.05) is 6.07 Å². The Labute approximate surface area is 149 Å². The van der Waals surface area contributed by atoms with Crippen molar-refractivity contribution in [1.82, 2.24) is 24.2 Å². The van der Waals surface area contributed by atoms with E-state index in [9.17, 15) is 14.7 Å². The van der Waals surface area contributed by atoms with Gasteiger partial charge in [-0.2, -0.15) is 4.98 Å². The third-order valence-electron chi connectivity index (χ3n) is 5.37. The molecule has 2 aromatic rings. The Morgan fingerprint density at radius 3 is 2.88 bits per heavy atom. The third kappa shape index (κ3) is 2.50. The quantitative estimate of drug-likeness (QED) is 0.813. The van der Waals surface area contributed by atoms with Crippen LogP contribution >= 0.6 is 0 Å². The lowest BCUT2D eigenvalue weighted by Crippen LogP contribution is -2.52. The summed E-state index contributed by atoms with van der Waals surface area (Å²) in [6.07, 6.45) is 0.845. The molecule has 2 aliphatic heterocycles. The van der Waals surface area contributed by atoms with Crippen LogP contribution in [0.3, 0.4) is 0 Å². The average Bonchev–Trinajstić information content (AvgIpc) is 3.03. The average molecular weight is 359 g/mol. The van der Waals surface area contributed by atoms with Gasteiger partial charge >= 0.3 is 6.01 Å². The predicted octanol–water partition coefficient (Wildman–Crippen LogP) is -0.222. The van der Waals surface area contributed by atoms with Crippen molar-refractivity contribution >= 4 is 5.91 Å². The Morgan fingerprint density at radius 1 is 1.38 bits per heavy atom. The van der Waals surface area contributed by atoms with E-state index < -0.39 is 0 Å². The lowest BCUT2D eigenvalue weighted by atomic mass is 9.78. The zero-order valence-electron chi connectivity index (χ0n) is 14.7. The van der Waals surface area contributed by atoms with Gasteiger partial charge in [-0.1, -0.05) is 6.07 Å². The second-order valence-corrected chi connectivity index (χ2v) is 6.86. The molecule has 138 valence electrons. The summed E-state index contributed by atoms with van der Waals surface area (Å²) in [6.45, 7) is 0.825. The minimum atomic E-state index is -0.322. The molecule has 0 unspecified atom stereocenters. The van der Waals surface area contributed by atoms with E-state index >= 15 is 0 Å². The summed E-state index contributed by atoms with van der Waals surface area (Å²) in [4.78, 5) is 31.0. The number of piperidine rings is 1. The highest BCUT2D eigenvalue weighted by atomic mass is 16.5. The highest BCUT2D eigenvalue weighted by Gasteiger charge is 2.42. The summed E-state index contributed by atoms with van der Waals surface area (Å²) in [5.74, 6) is -0.0988. The van der Waals surface area contributed by atoms with Crippen LogP contribution in [0, 0.1) is 5.92 Å². The van der Waals surface area contributed by atoms with E-state index in [2.05, 4.69) is 10.1 Å². The van der Waals surface area contributed by atoms with Crippen molar-refractivity contribution < 1.29 is 14.6 Å². The molecule has 0 aliphatic carbocycles. The minimum absolute atomic E-state index is 0.0147. The number of aryl methyl sites for hydroxylation is 1. The van der Waals surface area contributed by atoms with E-state index in [1.54, 1.807) is 22.6 Å². The molecule has 1 amide bonds. The monoisotopic (exact) mass is 359 g/mol. The molecule has 0 spiro atoms. The van der Waals surface area contributed by atoms with Crippen molar-refractivity contribution in [3.05, 3.63) is 40.1 Å². The molecule has 9 heteroatoms. The Kier molecular flexibility index (Phi) is 4.03. The first-order valence-corrected chi connectivity index (χ1v) is 8.60. The van der Waals surface area contributed by atoms with Crippen LogP contribution < -0.4 is 10.3 Å². The van der Waals surface area contributed by atoms with Gasteiger partial charge in [0, 0.05) is 43.7 Å². The summed E-state index contributed by atoms with van der Waals surface area (Å²) in [7, 11) is 3.14. The first-order valence-electron chi connectivity index (χ1n) is 8.60. The van der Waals surface area contributed by atoms with Crippen molar-refractivity contribution in [2.45, 2.75) is 18.4 Å². The van der Waals surface area contributed by atoms with Crippen molar-refractivity contribution in [1.29, 1.82) is 0 Å². The van der Waals surface area contributed by atoms with Gasteiger partial charge in [0.25, 0.3) is 11.5 Å². The molecule has 1 fully saturated rings. The van der Waals surface area contributed by atoms with Gasteiger partial charge in [-0.25, -0.2) is 4.68 Å². The normalized spacial score (nSPS) is 24.3. The number of hydrogen-bond acceptors (Lipinski definition) is 6. The number of nitrogens with zero attached hydrogens (tertiary/aromatic N) is 5. The van der Waals surface area contributed by atoms with Crippen LogP contribution in [0.4, 0.5) is 0 Å². The largest absolute Gasteiger partial charge is 0.467 e. The van der Waals surface area contributed by atoms with Gasteiger partial charge in [-0.05, 0) is 12.5 Å². The number of carbonyl (C=O) groups is 1. The SMILES string of the molecule is COc1nc(C(=O)N2C[C@H]3C[C@@H](C2)[C@H](CO)n2c3cccc2=O)nn1C. The molecule has 2 aliphatic rings. The maximum absolute atomic E-state index is 12.9. The number of likely N-dealkylation sites (tertiary alicyclic amines) is 1.